The number of amides is 1. The summed E-state index contributed by atoms with van der Waals surface area (Å²) >= 11 is 0. The molecule has 1 saturated heterocycles. The Bertz CT molecular complexity index is 387. The minimum atomic E-state index is -3.10. The summed E-state index contributed by atoms with van der Waals surface area (Å²) in [6.07, 6.45) is 3.29. The van der Waals surface area contributed by atoms with Crippen molar-refractivity contribution in [3.8, 4) is 0 Å². The number of nitrogens with one attached hydrogen (secondary N) is 1. The summed E-state index contributed by atoms with van der Waals surface area (Å²) in [6.45, 7) is 6.70. The van der Waals surface area contributed by atoms with Crippen LogP contribution in [0.3, 0.4) is 0 Å². The zero-order valence-electron chi connectivity index (χ0n) is 12.2. The molecule has 0 saturated carbocycles. The lowest BCUT2D eigenvalue weighted by Crippen LogP contribution is -2.45. The van der Waals surface area contributed by atoms with Gasteiger partial charge < -0.3 is 5.32 Å². The standard InChI is InChI=1S/C13H26N2O3S/c1-4-6-11(3)14-13(16)12-7-9-15(10-8-12)19(17,18)5-2/h11-12H,4-10H2,1-3H3,(H,14,16). The maximum Gasteiger partial charge on any atom is 0.223 e. The van der Waals surface area contributed by atoms with Gasteiger partial charge in [0, 0.05) is 25.0 Å². The monoisotopic (exact) mass is 290 g/mol. The summed E-state index contributed by atoms with van der Waals surface area (Å²) in [7, 11) is -3.10. The van der Waals surface area contributed by atoms with Crippen LogP contribution in [0.4, 0.5) is 0 Å². The molecule has 6 heteroatoms. The number of hydrogen-bond acceptors (Lipinski definition) is 3. The molecule has 19 heavy (non-hydrogen) atoms. The minimum Gasteiger partial charge on any atom is -0.353 e. The van der Waals surface area contributed by atoms with Crippen molar-refractivity contribution in [1.29, 1.82) is 0 Å². The number of piperidine rings is 1. The molecule has 1 unspecified atom stereocenters. The molecule has 1 N–H and O–H groups in total. The molecule has 1 fully saturated rings. The fraction of sp³-hybridized carbons (Fsp3) is 0.923. The Labute approximate surface area is 116 Å². The van der Waals surface area contributed by atoms with E-state index in [0.29, 0.717) is 25.9 Å². The summed E-state index contributed by atoms with van der Waals surface area (Å²) in [4.78, 5) is 12.0. The molecular formula is C13H26N2O3S. The zero-order valence-corrected chi connectivity index (χ0v) is 13.0. The van der Waals surface area contributed by atoms with Gasteiger partial charge in [0.05, 0.1) is 5.75 Å². The Kier molecular flexibility index (Phi) is 6.26. The SMILES string of the molecule is CCCC(C)NC(=O)C1CCN(S(=O)(=O)CC)CC1. The van der Waals surface area contributed by atoms with Crippen LogP contribution in [0.25, 0.3) is 0 Å². The normalized spacial score (nSPS) is 20.2. The molecular weight excluding hydrogens is 264 g/mol. The van der Waals surface area contributed by atoms with E-state index in [1.807, 2.05) is 6.92 Å². The maximum absolute atomic E-state index is 12.0. The van der Waals surface area contributed by atoms with Gasteiger partial charge in [0.15, 0.2) is 0 Å². The Hall–Kier alpha value is -0.620. The molecule has 1 aliphatic rings. The van der Waals surface area contributed by atoms with Crippen molar-refractivity contribution >= 4 is 15.9 Å². The van der Waals surface area contributed by atoms with Crippen LogP contribution in [0.2, 0.25) is 0 Å². The van der Waals surface area contributed by atoms with E-state index in [1.54, 1.807) is 6.92 Å². The first-order valence-electron chi connectivity index (χ1n) is 7.18. The first-order chi connectivity index (χ1) is 8.90. The summed E-state index contributed by atoms with van der Waals surface area (Å²) in [6, 6.07) is 0.204. The molecule has 0 bridgehead atoms. The van der Waals surface area contributed by atoms with Crippen LogP contribution in [-0.2, 0) is 14.8 Å². The van der Waals surface area contributed by atoms with E-state index in [-0.39, 0.29) is 23.6 Å². The first kappa shape index (κ1) is 16.4. The highest BCUT2D eigenvalue weighted by Crippen LogP contribution is 2.20. The van der Waals surface area contributed by atoms with Crippen molar-refractivity contribution in [3.63, 3.8) is 0 Å². The lowest BCUT2D eigenvalue weighted by atomic mass is 9.96. The van der Waals surface area contributed by atoms with Gasteiger partial charge in [-0.3, -0.25) is 4.79 Å². The molecule has 1 atom stereocenters. The Morgan fingerprint density at radius 2 is 1.89 bits per heavy atom. The Balaban J connectivity index is 2.43. The van der Waals surface area contributed by atoms with Crippen molar-refractivity contribution in [2.45, 2.75) is 52.5 Å². The second-order valence-electron chi connectivity index (χ2n) is 5.27. The summed E-state index contributed by atoms with van der Waals surface area (Å²) in [5, 5.41) is 3.01. The second kappa shape index (κ2) is 7.24. The van der Waals surface area contributed by atoms with Crippen LogP contribution in [0, 0.1) is 5.92 Å². The average Bonchev–Trinajstić information content (AvgIpc) is 2.39. The Morgan fingerprint density at radius 3 is 2.37 bits per heavy atom. The fourth-order valence-corrected chi connectivity index (χ4v) is 3.58. The molecule has 1 amide bonds. The number of carbonyl (C=O) groups is 1. The van der Waals surface area contributed by atoms with E-state index in [2.05, 4.69) is 12.2 Å². The fourth-order valence-electron chi connectivity index (χ4n) is 2.44. The maximum atomic E-state index is 12.0. The van der Waals surface area contributed by atoms with Gasteiger partial charge in [-0.15, -0.1) is 0 Å². The molecule has 0 aromatic rings. The molecule has 5 nitrogen and oxygen atoms in total. The molecule has 0 spiro atoms. The molecule has 1 aliphatic heterocycles. The molecule has 0 radical (unpaired) electrons. The van der Waals surface area contributed by atoms with Gasteiger partial charge in [0.2, 0.25) is 15.9 Å². The number of nitrogens with zero attached hydrogens (tertiary/aromatic N) is 1. The molecule has 112 valence electrons. The minimum absolute atomic E-state index is 0.0392. The summed E-state index contributed by atoms with van der Waals surface area (Å²) in [5.74, 6) is 0.175. The molecule has 0 aromatic carbocycles. The lowest BCUT2D eigenvalue weighted by Gasteiger charge is -2.30. The predicted octanol–water partition coefficient (Wildman–Crippen LogP) is 1.35. The van der Waals surface area contributed by atoms with Crippen molar-refractivity contribution in [2.24, 2.45) is 5.92 Å². The van der Waals surface area contributed by atoms with Gasteiger partial charge in [0.1, 0.15) is 0 Å². The van der Waals surface area contributed by atoms with Crippen LogP contribution >= 0.6 is 0 Å². The van der Waals surface area contributed by atoms with E-state index < -0.39 is 10.0 Å². The van der Waals surface area contributed by atoms with E-state index in [9.17, 15) is 13.2 Å². The quantitative estimate of drug-likeness (QED) is 0.803. The van der Waals surface area contributed by atoms with Crippen LogP contribution in [0.5, 0.6) is 0 Å². The number of carbonyl (C=O) groups excluding carboxylic acids is 1. The third-order valence-electron chi connectivity index (χ3n) is 3.69. The van der Waals surface area contributed by atoms with Gasteiger partial charge in [-0.25, -0.2) is 12.7 Å². The highest BCUT2D eigenvalue weighted by atomic mass is 32.2. The summed E-state index contributed by atoms with van der Waals surface area (Å²) < 4.78 is 24.9. The average molecular weight is 290 g/mol. The van der Waals surface area contributed by atoms with Gasteiger partial charge in [-0.2, -0.15) is 0 Å². The summed E-state index contributed by atoms with van der Waals surface area (Å²) in [5.41, 5.74) is 0. The van der Waals surface area contributed by atoms with Crippen LogP contribution in [0.1, 0.15) is 46.5 Å². The Morgan fingerprint density at radius 1 is 1.32 bits per heavy atom. The molecule has 0 aliphatic carbocycles. The number of hydrogen-bond donors (Lipinski definition) is 1. The highest BCUT2D eigenvalue weighted by molar-refractivity contribution is 7.89. The van der Waals surface area contributed by atoms with Crippen LogP contribution in [-0.4, -0.2) is 43.5 Å². The van der Waals surface area contributed by atoms with Gasteiger partial charge in [-0.1, -0.05) is 13.3 Å². The van der Waals surface area contributed by atoms with Gasteiger partial charge in [-0.05, 0) is 33.1 Å². The largest absolute Gasteiger partial charge is 0.353 e. The van der Waals surface area contributed by atoms with Crippen molar-refractivity contribution in [3.05, 3.63) is 0 Å². The molecule has 0 aromatic heterocycles. The van der Waals surface area contributed by atoms with Crippen LogP contribution in [0.15, 0.2) is 0 Å². The number of rotatable bonds is 6. The first-order valence-corrected chi connectivity index (χ1v) is 8.79. The highest BCUT2D eigenvalue weighted by Gasteiger charge is 2.30. The van der Waals surface area contributed by atoms with Crippen molar-refractivity contribution < 1.29 is 13.2 Å². The van der Waals surface area contributed by atoms with E-state index in [4.69, 9.17) is 0 Å². The lowest BCUT2D eigenvalue weighted by molar-refractivity contribution is -0.126. The zero-order chi connectivity index (χ0) is 14.5. The third kappa shape index (κ3) is 4.76. The van der Waals surface area contributed by atoms with Gasteiger partial charge >= 0.3 is 0 Å². The predicted molar refractivity (Wildman–Crippen MR) is 76.3 cm³/mol. The number of sulfonamides is 1. The second-order valence-corrected chi connectivity index (χ2v) is 7.53. The van der Waals surface area contributed by atoms with E-state index >= 15 is 0 Å². The van der Waals surface area contributed by atoms with Gasteiger partial charge in [0.25, 0.3) is 0 Å². The van der Waals surface area contributed by atoms with Crippen LogP contribution < -0.4 is 5.32 Å². The third-order valence-corrected chi connectivity index (χ3v) is 5.57. The smallest absolute Gasteiger partial charge is 0.223 e. The van der Waals surface area contributed by atoms with Crippen molar-refractivity contribution in [2.75, 3.05) is 18.8 Å². The molecule has 1 heterocycles. The van der Waals surface area contributed by atoms with Crippen molar-refractivity contribution in [1.82, 2.24) is 9.62 Å². The topological polar surface area (TPSA) is 66.5 Å². The molecule has 1 rings (SSSR count). The van der Waals surface area contributed by atoms with E-state index in [1.165, 1.54) is 4.31 Å². The van der Waals surface area contributed by atoms with E-state index in [0.717, 1.165) is 12.8 Å².